The van der Waals surface area contributed by atoms with Crippen LogP contribution in [-0.4, -0.2) is 12.2 Å². The molecule has 0 aliphatic rings. The van der Waals surface area contributed by atoms with Crippen molar-refractivity contribution >= 4 is 0 Å². The summed E-state index contributed by atoms with van der Waals surface area (Å²) in [5.74, 6) is -0.292. The Morgan fingerprint density at radius 3 is 2.57 bits per heavy atom. The molecule has 0 aliphatic heterocycles. The zero-order valence-electron chi connectivity index (χ0n) is 8.48. The van der Waals surface area contributed by atoms with Gasteiger partial charge in [0.15, 0.2) is 0 Å². The van der Waals surface area contributed by atoms with Crippen LogP contribution in [0.3, 0.4) is 0 Å². The molecule has 0 radical (unpaired) electrons. The molecule has 2 N–H and O–H groups in total. The van der Waals surface area contributed by atoms with Gasteiger partial charge in [0.1, 0.15) is 11.5 Å². The molecule has 0 spiro atoms. The lowest BCUT2D eigenvalue weighted by atomic mass is 9.95. The molecule has 1 nitrogen and oxygen atoms in total. The summed E-state index contributed by atoms with van der Waals surface area (Å²) in [4.78, 5) is 0. The molecule has 1 aromatic carbocycles. The van der Waals surface area contributed by atoms with Crippen LogP contribution in [0.4, 0.5) is 8.78 Å². The van der Waals surface area contributed by atoms with Crippen LogP contribution < -0.4 is 5.73 Å². The standard InChI is InChI=1S/C11H15F2N/c1-8-5-10(12)4-3-9(8)6-11(2,13)7-14/h3-5H,6-7,14H2,1-2H3. The number of hydrogen-bond donors (Lipinski definition) is 1. The van der Waals surface area contributed by atoms with E-state index in [-0.39, 0.29) is 18.8 Å². The van der Waals surface area contributed by atoms with Gasteiger partial charge in [0, 0.05) is 13.0 Å². The smallest absolute Gasteiger partial charge is 0.124 e. The topological polar surface area (TPSA) is 26.0 Å². The van der Waals surface area contributed by atoms with Crippen molar-refractivity contribution in [1.82, 2.24) is 0 Å². The third kappa shape index (κ3) is 2.77. The predicted octanol–water partition coefficient (Wildman–Crippen LogP) is 2.36. The average Bonchev–Trinajstić information content (AvgIpc) is 2.10. The van der Waals surface area contributed by atoms with Crippen molar-refractivity contribution in [3.8, 4) is 0 Å². The summed E-state index contributed by atoms with van der Waals surface area (Å²) in [5, 5.41) is 0. The molecular weight excluding hydrogens is 184 g/mol. The Hall–Kier alpha value is -0.960. The van der Waals surface area contributed by atoms with E-state index in [1.807, 2.05) is 0 Å². The van der Waals surface area contributed by atoms with Crippen molar-refractivity contribution in [3.05, 3.63) is 35.1 Å². The number of aryl methyl sites for hydroxylation is 1. The van der Waals surface area contributed by atoms with Crippen molar-refractivity contribution in [3.63, 3.8) is 0 Å². The van der Waals surface area contributed by atoms with Gasteiger partial charge < -0.3 is 5.73 Å². The molecule has 0 saturated carbocycles. The second kappa shape index (κ2) is 4.05. The van der Waals surface area contributed by atoms with Gasteiger partial charge in [-0.25, -0.2) is 8.78 Å². The Bertz CT molecular complexity index is 321. The molecule has 0 aliphatic carbocycles. The molecule has 14 heavy (non-hydrogen) atoms. The minimum absolute atomic E-state index is 0.0240. The SMILES string of the molecule is Cc1cc(F)ccc1CC(C)(F)CN. The molecule has 0 heterocycles. The molecule has 78 valence electrons. The first-order valence-corrected chi connectivity index (χ1v) is 4.58. The lowest BCUT2D eigenvalue weighted by Crippen LogP contribution is -2.31. The third-order valence-electron chi connectivity index (χ3n) is 2.29. The number of halogens is 2. The quantitative estimate of drug-likeness (QED) is 0.794. The first-order valence-electron chi connectivity index (χ1n) is 4.58. The maximum absolute atomic E-state index is 13.6. The number of benzene rings is 1. The average molecular weight is 199 g/mol. The van der Waals surface area contributed by atoms with Crippen LogP contribution in [0.25, 0.3) is 0 Å². The van der Waals surface area contributed by atoms with Crippen LogP contribution >= 0.6 is 0 Å². The maximum atomic E-state index is 13.6. The van der Waals surface area contributed by atoms with E-state index in [4.69, 9.17) is 5.73 Å². The Kier molecular flexibility index (Phi) is 3.21. The normalized spacial score (nSPS) is 15.2. The zero-order chi connectivity index (χ0) is 10.8. The van der Waals surface area contributed by atoms with Crippen molar-refractivity contribution < 1.29 is 8.78 Å². The molecule has 3 heteroatoms. The predicted molar refractivity (Wildman–Crippen MR) is 53.4 cm³/mol. The fourth-order valence-electron chi connectivity index (χ4n) is 1.33. The van der Waals surface area contributed by atoms with Gasteiger partial charge in [-0.2, -0.15) is 0 Å². The highest BCUT2D eigenvalue weighted by atomic mass is 19.1. The fourth-order valence-corrected chi connectivity index (χ4v) is 1.33. The van der Waals surface area contributed by atoms with Crippen molar-refractivity contribution in [1.29, 1.82) is 0 Å². The van der Waals surface area contributed by atoms with Gasteiger partial charge in [-0.05, 0) is 37.1 Å². The van der Waals surface area contributed by atoms with Crippen LogP contribution in [0.2, 0.25) is 0 Å². The summed E-state index contributed by atoms with van der Waals surface area (Å²) in [5.41, 5.74) is 5.44. The number of nitrogens with two attached hydrogens (primary N) is 1. The highest BCUT2D eigenvalue weighted by molar-refractivity contribution is 5.27. The van der Waals surface area contributed by atoms with E-state index in [0.29, 0.717) is 0 Å². The van der Waals surface area contributed by atoms with E-state index in [1.165, 1.54) is 19.1 Å². The minimum atomic E-state index is -1.41. The highest BCUT2D eigenvalue weighted by Gasteiger charge is 2.22. The summed E-state index contributed by atoms with van der Waals surface area (Å²) in [6.45, 7) is 3.20. The molecule has 0 bridgehead atoms. The zero-order valence-corrected chi connectivity index (χ0v) is 8.48. The molecule has 1 aromatic rings. The van der Waals surface area contributed by atoms with Crippen LogP contribution in [-0.2, 0) is 6.42 Å². The molecule has 1 rings (SSSR count). The monoisotopic (exact) mass is 199 g/mol. The van der Waals surface area contributed by atoms with E-state index in [0.717, 1.165) is 11.1 Å². The maximum Gasteiger partial charge on any atom is 0.124 e. The molecule has 1 atom stereocenters. The molecule has 1 unspecified atom stereocenters. The lowest BCUT2D eigenvalue weighted by molar-refractivity contribution is 0.200. The van der Waals surface area contributed by atoms with E-state index in [1.54, 1.807) is 13.0 Å². The van der Waals surface area contributed by atoms with Gasteiger partial charge >= 0.3 is 0 Å². The van der Waals surface area contributed by atoms with Crippen LogP contribution in [0.15, 0.2) is 18.2 Å². The van der Waals surface area contributed by atoms with Crippen LogP contribution in [0.1, 0.15) is 18.1 Å². The third-order valence-corrected chi connectivity index (χ3v) is 2.29. The second-order valence-corrected chi connectivity index (χ2v) is 3.87. The lowest BCUT2D eigenvalue weighted by Gasteiger charge is -2.19. The first kappa shape index (κ1) is 11.1. The van der Waals surface area contributed by atoms with E-state index in [2.05, 4.69) is 0 Å². The number of rotatable bonds is 3. The second-order valence-electron chi connectivity index (χ2n) is 3.87. The van der Waals surface area contributed by atoms with Gasteiger partial charge in [0.25, 0.3) is 0 Å². The minimum Gasteiger partial charge on any atom is -0.328 e. The van der Waals surface area contributed by atoms with Gasteiger partial charge in [-0.1, -0.05) is 6.07 Å². The van der Waals surface area contributed by atoms with E-state index in [9.17, 15) is 8.78 Å². The van der Waals surface area contributed by atoms with Gasteiger partial charge in [0.05, 0.1) is 0 Å². The molecule has 0 fully saturated rings. The fraction of sp³-hybridized carbons (Fsp3) is 0.455. The van der Waals surface area contributed by atoms with E-state index >= 15 is 0 Å². The Labute approximate surface area is 82.9 Å². The molecule has 0 saturated heterocycles. The van der Waals surface area contributed by atoms with E-state index < -0.39 is 5.67 Å². The van der Waals surface area contributed by atoms with Gasteiger partial charge in [0.2, 0.25) is 0 Å². The Morgan fingerprint density at radius 2 is 2.07 bits per heavy atom. The van der Waals surface area contributed by atoms with Crippen LogP contribution in [0, 0.1) is 12.7 Å². The molecular formula is C11H15F2N. The Morgan fingerprint density at radius 1 is 1.43 bits per heavy atom. The summed E-state index contributed by atoms with van der Waals surface area (Å²) in [6.07, 6.45) is 0.232. The Balaban J connectivity index is 2.87. The largest absolute Gasteiger partial charge is 0.328 e. The summed E-state index contributed by atoms with van der Waals surface area (Å²) >= 11 is 0. The summed E-state index contributed by atoms with van der Waals surface area (Å²) in [6, 6.07) is 4.36. The van der Waals surface area contributed by atoms with Crippen molar-refractivity contribution in [2.75, 3.05) is 6.54 Å². The van der Waals surface area contributed by atoms with Crippen LogP contribution in [0.5, 0.6) is 0 Å². The van der Waals surface area contributed by atoms with Gasteiger partial charge in [-0.15, -0.1) is 0 Å². The molecule has 0 aromatic heterocycles. The number of hydrogen-bond acceptors (Lipinski definition) is 1. The number of alkyl halides is 1. The van der Waals surface area contributed by atoms with Crippen molar-refractivity contribution in [2.24, 2.45) is 5.73 Å². The van der Waals surface area contributed by atoms with Gasteiger partial charge in [-0.3, -0.25) is 0 Å². The first-order chi connectivity index (χ1) is 6.44. The summed E-state index contributed by atoms with van der Waals surface area (Å²) in [7, 11) is 0. The summed E-state index contributed by atoms with van der Waals surface area (Å²) < 4.78 is 26.3. The van der Waals surface area contributed by atoms with Crippen molar-refractivity contribution in [2.45, 2.75) is 25.9 Å². The molecule has 0 amide bonds. The highest BCUT2D eigenvalue weighted by Crippen LogP contribution is 2.19.